The van der Waals surface area contributed by atoms with Gasteiger partial charge < -0.3 is 11.3 Å². The van der Waals surface area contributed by atoms with E-state index in [0.29, 0.717) is 5.75 Å². The number of hydrogen-bond donors (Lipinski definition) is 1. The van der Waals surface area contributed by atoms with Crippen LogP contribution in [0.2, 0.25) is 0 Å². The van der Waals surface area contributed by atoms with E-state index < -0.39 is 0 Å². The Balaban J connectivity index is 0. The van der Waals surface area contributed by atoms with Crippen molar-refractivity contribution in [1.29, 1.82) is 0 Å². The molecule has 1 aromatic carbocycles. The normalized spacial score (nSPS) is 6.67. The average Bonchev–Trinajstić information content (AvgIpc) is 1.69. The third-order valence-electron chi connectivity index (χ3n) is 0.756. The molecule has 0 aromatic heterocycles. The van der Waals surface area contributed by atoms with Gasteiger partial charge in [-0.05, 0) is 12.1 Å². The van der Waals surface area contributed by atoms with Gasteiger partial charge in [0.1, 0.15) is 5.75 Å². The molecule has 0 aliphatic heterocycles. The van der Waals surface area contributed by atoms with Crippen LogP contribution >= 0.6 is 0 Å². The number of hydrogen-bond acceptors (Lipinski definition) is 1. The van der Waals surface area contributed by atoms with Crippen molar-refractivity contribution in [2.24, 2.45) is 0 Å². The van der Waals surface area contributed by atoms with E-state index in [1.165, 1.54) is 0 Å². The van der Waals surface area contributed by atoms with Gasteiger partial charge in [-0.2, -0.15) is 0 Å². The minimum atomic E-state index is 0. The quantitative estimate of drug-likeness (QED) is 0.601. The second-order valence-electron chi connectivity index (χ2n) is 1.34. The summed E-state index contributed by atoms with van der Waals surface area (Å²) in [6.45, 7) is 0. The summed E-state index contributed by atoms with van der Waals surface area (Å²) in [5.41, 5.74) is 0. The molecule has 0 amide bonds. The predicted octanol–water partition coefficient (Wildman–Crippen LogP) is 2.11. The number of phenolic OH excluding ortho intramolecular Hbond substituents is 1. The van der Waals surface area contributed by atoms with Crippen molar-refractivity contribution in [3.8, 4) is 5.75 Å². The van der Waals surface area contributed by atoms with Crippen molar-refractivity contribution >= 4 is 0 Å². The van der Waals surface area contributed by atoms with E-state index in [1.807, 2.05) is 6.07 Å². The number of rotatable bonds is 0. The summed E-state index contributed by atoms with van der Waals surface area (Å²) in [5.74, 6) is 0.322. The SMILES string of the molecule is Oc1ccccc1.[Cu+].[NH2-]. The zero-order valence-electron chi connectivity index (χ0n) is 4.71. The number of benzene rings is 1. The van der Waals surface area contributed by atoms with Crippen molar-refractivity contribution < 1.29 is 22.2 Å². The molecule has 3 heteroatoms. The van der Waals surface area contributed by atoms with Gasteiger partial charge in [0.25, 0.3) is 0 Å². The molecule has 9 heavy (non-hydrogen) atoms. The van der Waals surface area contributed by atoms with E-state index in [2.05, 4.69) is 0 Å². The number of para-hydroxylation sites is 1. The molecular weight excluding hydrogens is 166 g/mol. The fourth-order valence-electron chi connectivity index (χ4n) is 0.428. The van der Waals surface area contributed by atoms with Crippen molar-refractivity contribution in [2.45, 2.75) is 0 Å². The van der Waals surface area contributed by atoms with Crippen molar-refractivity contribution in [1.82, 2.24) is 0 Å². The largest absolute Gasteiger partial charge is 1.00 e. The van der Waals surface area contributed by atoms with Crippen LogP contribution in [-0.2, 0) is 17.1 Å². The molecule has 0 atom stereocenters. The fraction of sp³-hybridized carbons (Fsp3) is 0. The molecule has 0 heterocycles. The molecule has 54 valence electrons. The van der Waals surface area contributed by atoms with Crippen LogP contribution in [0.4, 0.5) is 0 Å². The standard InChI is InChI=1S/C6H6O.Cu.H2N/c7-6-4-2-1-3-5-6;;/h1-5,7H;;1H2/q;+1;-1. The van der Waals surface area contributed by atoms with Gasteiger partial charge in [-0.25, -0.2) is 0 Å². The van der Waals surface area contributed by atoms with E-state index in [9.17, 15) is 0 Å². The van der Waals surface area contributed by atoms with E-state index in [4.69, 9.17) is 5.11 Å². The van der Waals surface area contributed by atoms with Crippen LogP contribution in [0.1, 0.15) is 0 Å². The Morgan fingerprint density at radius 3 is 1.67 bits per heavy atom. The van der Waals surface area contributed by atoms with Crippen LogP contribution < -0.4 is 0 Å². The van der Waals surface area contributed by atoms with Crippen molar-refractivity contribution in [2.75, 3.05) is 0 Å². The Morgan fingerprint density at radius 2 is 1.44 bits per heavy atom. The minimum Gasteiger partial charge on any atom is -0.693 e. The molecular formula is C6H8CuNO. The first-order valence-corrected chi connectivity index (χ1v) is 2.13. The Morgan fingerprint density at radius 1 is 1.00 bits per heavy atom. The van der Waals surface area contributed by atoms with Gasteiger partial charge in [-0.15, -0.1) is 0 Å². The fourth-order valence-corrected chi connectivity index (χ4v) is 0.428. The van der Waals surface area contributed by atoms with Crippen LogP contribution in [-0.4, -0.2) is 5.11 Å². The maximum absolute atomic E-state index is 8.63. The molecule has 0 aliphatic rings. The minimum absolute atomic E-state index is 0. The molecule has 0 unspecified atom stereocenters. The first-order valence-electron chi connectivity index (χ1n) is 2.13. The van der Waals surface area contributed by atoms with Crippen molar-refractivity contribution in [3.63, 3.8) is 0 Å². The van der Waals surface area contributed by atoms with E-state index in [-0.39, 0.29) is 23.2 Å². The Hall–Kier alpha value is -0.501. The van der Waals surface area contributed by atoms with Crippen LogP contribution in [0.5, 0.6) is 5.75 Å². The molecule has 0 spiro atoms. The summed E-state index contributed by atoms with van der Waals surface area (Å²) in [7, 11) is 0. The second kappa shape index (κ2) is 5.63. The average molecular weight is 174 g/mol. The van der Waals surface area contributed by atoms with Crippen molar-refractivity contribution in [3.05, 3.63) is 36.5 Å². The van der Waals surface area contributed by atoms with Gasteiger partial charge >= 0.3 is 17.1 Å². The molecule has 0 saturated heterocycles. The molecule has 0 aliphatic carbocycles. The first-order chi connectivity index (χ1) is 3.39. The third kappa shape index (κ3) is 4.03. The topological polar surface area (TPSA) is 53.7 Å². The second-order valence-corrected chi connectivity index (χ2v) is 1.34. The summed E-state index contributed by atoms with van der Waals surface area (Å²) in [6, 6.07) is 8.71. The molecule has 0 saturated carbocycles. The molecule has 2 nitrogen and oxygen atoms in total. The van der Waals surface area contributed by atoms with Gasteiger partial charge in [0.2, 0.25) is 0 Å². The van der Waals surface area contributed by atoms with Gasteiger partial charge in [0, 0.05) is 0 Å². The number of phenols is 1. The first kappa shape index (κ1) is 11.3. The van der Waals surface area contributed by atoms with E-state index >= 15 is 0 Å². The van der Waals surface area contributed by atoms with Crippen LogP contribution in [0, 0.1) is 0 Å². The smallest absolute Gasteiger partial charge is 0.693 e. The molecule has 3 N–H and O–H groups in total. The van der Waals surface area contributed by atoms with Gasteiger partial charge in [-0.1, -0.05) is 18.2 Å². The Bertz CT molecular complexity index is 143. The molecule has 1 aromatic rings. The zero-order valence-corrected chi connectivity index (χ0v) is 5.65. The molecule has 0 fully saturated rings. The third-order valence-corrected chi connectivity index (χ3v) is 0.756. The number of nitrogens with two attached hydrogens (primary N) is 1. The molecule has 1 rings (SSSR count). The van der Waals surface area contributed by atoms with Gasteiger partial charge in [-0.3, -0.25) is 0 Å². The Kier molecular flexibility index (Phi) is 7.08. The zero-order chi connectivity index (χ0) is 5.11. The maximum atomic E-state index is 8.63. The summed E-state index contributed by atoms with van der Waals surface area (Å²) in [5, 5.41) is 8.63. The summed E-state index contributed by atoms with van der Waals surface area (Å²) in [6.07, 6.45) is 0. The van der Waals surface area contributed by atoms with Gasteiger partial charge in [0.15, 0.2) is 0 Å². The Labute approximate surface area is 65.0 Å². The van der Waals surface area contributed by atoms with Crippen LogP contribution in [0.25, 0.3) is 6.15 Å². The van der Waals surface area contributed by atoms with E-state index in [1.54, 1.807) is 24.3 Å². The van der Waals surface area contributed by atoms with Gasteiger partial charge in [0.05, 0.1) is 0 Å². The predicted molar refractivity (Wildman–Crippen MR) is 33.4 cm³/mol. The number of aromatic hydroxyl groups is 1. The summed E-state index contributed by atoms with van der Waals surface area (Å²) < 4.78 is 0. The monoisotopic (exact) mass is 173 g/mol. The molecule has 0 bridgehead atoms. The summed E-state index contributed by atoms with van der Waals surface area (Å²) in [4.78, 5) is 0. The maximum Gasteiger partial charge on any atom is 1.00 e. The summed E-state index contributed by atoms with van der Waals surface area (Å²) >= 11 is 0. The van der Waals surface area contributed by atoms with Crippen LogP contribution in [0.15, 0.2) is 30.3 Å². The van der Waals surface area contributed by atoms with E-state index in [0.717, 1.165) is 0 Å². The molecule has 0 radical (unpaired) electrons. The van der Waals surface area contributed by atoms with Crippen LogP contribution in [0.3, 0.4) is 0 Å².